The highest BCUT2D eigenvalue weighted by Crippen LogP contribution is 2.20. The van der Waals surface area contributed by atoms with E-state index < -0.39 is 0 Å². The summed E-state index contributed by atoms with van der Waals surface area (Å²) in [6, 6.07) is 16.5. The molecule has 0 saturated heterocycles. The smallest absolute Gasteiger partial charge is 0.218 e. The van der Waals surface area contributed by atoms with Crippen LogP contribution in [0.4, 0.5) is 5.82 Å². The van der Waals surface area contributed by atoms with Gasteiger partial charge in [0.2, 0.25) is 5.88 Å². The Morgan fingerprint density at radius 1 is 1.05 bits per heavy atom. The van der Waals surface area contributed by atoms with Crippen molar-refractivity contribution in [3.05, 3.63) is 59.9 Å². The third kappa shape index (κ3) is 2.94. The first-order valence-corrected chi connectivity index (χ1v) is 6.86. The Morgan fingerprint density at radius 3 is 2.71 bits per heavy atom. The van der Waals surface area contributed by atoms with Gasteiger partial charge in [0.15, 0.2) is 0 Å². The van der Waals surface area contributed by atoms with Crippen LogP contribution in [0.5, 0.6) is 5.88 Å². The van der Waals surface area contributed by atoms with Crippen LogP contribution < -0.4 is 10.1 Å². The lowest BCUT2D eigenvalue weighted by atomic mass is 10.0. The van der Waals surface area contributed by atoms with E-state index in [1.807, 2.05) is 6.92 Å². The van der Waals surface area contributed by atoms with E-state index >= 15 is 0 Å². The van der Waals surface area contributed by atoms with E-state index in [4.69, 9.17) is 4.74 Å². The molecular formula is C17H17N3O. The number of aryl methyl sites for hydroxylation is 1. The number of rotatable bonds is 4. The second-order valence-electron chi connectivity index (χ2n) is 4.83. The number of nitrogens with one attached hydrogen (secondary N) is 1. The molecule has 0 spiro atoms. The maximum atomic E-state index is 5.17. The summed E-state index contributed by atoms with van der Waals surface area (Å²) in [4.78, 5) is 8.56. The maximum absolute atomic E-state index is 5.17. The molecule has 1 N–H and O–H groups in total. The van der Waals surface area contributed by atoms with Gasteiger partial charge in [-0.3, -0.25) is 0 Å². The fraction of sp³-hybridized carbons (Fsp3) is 0.176. The van der Waals surface area contributed by atoms with E-state index in [0.717, 1.165) is 5.82 Å². The van der Waals surface area contributed by atoms with Crippen LogP contribution in [0.2, 0.25) is 0 Å². The molecule has 0 aliphatic heterocycles. The second kappa shape index (κ2) is 5.79. The molecule has 0 bridgehead atoms. The van der Waals surface area contributed by atoms with Gasteiger partial charge in [0.25, 0.3) is 0 Å². The van der Waals surface area contributed by atoms with Crippen molar-refractivity contribution in [2.75, 3.05) is 12.4 Å². The molecule has 2 aromatic carbocycles. The largest absolute Gasteiger partial charge is 0.481 e. The summed E-state index contributed by atoms with van der Waals surface area (Å²) in [7, 11) is 1.61. The van der Waals surface area contributed by atoms with Crippen LogP contribution in [0.1, 0.15) is 11.4 Å². The summed E-state index contributed by atoms with van der Waals surface area (Å²) in [5.74, 6) is 2.03. The molecule has 1 heterocycles. The summed E-state index contributed by atoms with van der Waals surface area (Å²) in [5.41, 5.74) is 1.24. The molecule has 0 saturated carbocycles. The Kier molecular flexibility index (Phi) is 3.69. The Bertz CT molecular complexity index is 766. The molecule has 106 valence electrons. The Balaban J connectivity index is 1.85. The lowest BCUT2D eigenvalue weighted by molar-refractivity contribution is 0.396. The minimum atomic E-state index is 0.572. The van der Waals surface area contributed by atoms with E-state index in [0.29, 0.717) is 18.2 Å². The maximum Gasteiger partial charge on any atom is 0.218 e. The van der Waals surface area contributed by atoms with Crippen molar-refractivity contribution in [3.8, 4) is 5.88 Å². The molecule has 0 atom stereocenters. The van der Waals surface area contributed by atoms with E-state index in [9.17, 15) is 0 Å². The lowest BCUT2D eigenvalue weighted by Gasteiger charge is -2.10. The molecule has 21 heavy (non-hydrogen) atoms. The summed E-state index contributed by atoms with van der Waals surface area (Å²) in [6.45, 7) is 2.56. The van der Waals surface area contributed by atoms with Gasteiger partial charge in [0, 0.05) is 12.6 Å². The van der Waals surface area contributed by atoms with Crippen molar-refractivity contribution in [2.45, 2.75) is 13.5 Å². The summed E-state index contributed by atoms with van der Waals surface area (Å²) >= 11 is 0. The SMILES string of the molecule is COc1cc(NCc2cccc3ccccc23)nc(C)n1. The fourth-order valence-corrected chi connectivity index (χ4v) is 2.37. The molecule has 0 fully saturated rings. The molecule has 3 rings (SSSR count). The molecule has 4 heteroatoms. The number of aromatic nitrogens is 2. The van der Waals surface area contributed by atoms with Gasteiger partial charge in [-0.15, -0.1) is 0 Å². The van der Waals surface area contributed by atoms with Crippen molar-refractivity contribution in [2.24, 2.45) is 0 Å². The predicted molar refractivity (Wildman–Crippen MR) is 84.6 cm³/mol. The van der Waals surface area contributed by atoms with Crippen LogP contribution in [0.25, 0.3) is 10.8 Å². The first-order valence-electron chi connectivity index (χ1n) is 6.86. The standard InChI is InChI=1S/C17H17N3O/c1-12-19-16(10-17(20-12)21-2)18-11-14-8-5-7-13-6-3-4-9-15(13)14/h3-10H,11H2,1-2H3,(H,18,19,20). The average molecular weight is 279 g/mol. The number of methoxy groups -OCH3 is 1. The van der Waals surface area contributed by atoms with Crippen LogP contribution in [0.3, 0.4) is 0 Å². The van der Waals surface area contributed by atoms with Gasteiger partial charge in [-0.05, 0) is 23.3 Å². The van der Waals surface area contributed by atoms with Gasteiger partial charge in [-0.2, -0.15) is 4.98 Å². The normalized spacial score (nSPS) is 10.6. The first kappa shape index (κ1) is 13.4. The number of benzene rings is 2. The monoisotopic (exact) mass is 279 g/mol. The van der Waals surface area contributed by atoms with Crippen LogP contribution in [-0.2, 0) is 6.54 Å². The Hall–Kier alpha value is -2.62. The minimum absolute atomic E-state index is 0.572. The highest BCUT2D eigenvalue weighted by Gasteiger charge is 2.04. The van der Waals surface area contributed by atoms with E-state index in [1.54, 1.807) is 13.2 Å². The minimum Gasteiger partial charge on any atom is -0.481 e. The zero-order valence-electron chi connectivity index (χ0n) is 12.1. The van der Waals surface area contributed by atoms with Gasteiger partial charge >= 0.3 is 0 Å². The van der Waals surface area contributed by atoms with Crippen molar-refractivity contribution in [3.63, 3.8) is 0 Å². The van der Waals surface area contributed by atoms with E-state index in [2.05, 4.69) is 57.7 Å². The van der Waals surface area contributed by atoms with Crippen LogP contribution >= 0.6 is 0 Å². The number of hydrogen-bond acceptors (Lipinski definition) is 4. The first-order chi connectivity index (χ1) is 10.3. The zero-order chi connectivity index (χ0) is 14.7. The number of fused-ring (bicyclic) bond motifs is 1. The number of anilines is 1. The molecule has 0 aliphatic rings. The topological polar surface area (TPSA) is 47.0 Å². The van der Waals surface area contributed by atoms with Gasteiger partial charge in [-0.25, -0.2) is 4.98 Å². The summed E-state index contributed by atoms with van der Waals surface area (Å²) < 4.78 is 5.17. The van der Waals surface area contributed by atoms with Crippen molar-refractivity contribution in [1.82, 2.24) is 9.97 Å². The van der Waals surface area contributed by atoms with E-state index in [-0.39, 0.29) is 0 Å². The van der Waals surface area contributed by atoms with Crippen molar-refractivity contribution in [1.29, 1.82) is 0 Å². The molecule has 0 radical (unpaired) electrons. The average Bonchev–Trinajstić information content (AvgIpc) is 2.52. The molecular weight excluding hydrogens is 262 g/mol. The van der Waals surface area contributed by atoms with Gasteiger partial charge in [0.1, 0.15) is 11.6 Å². The van der Waals surface area contributed by atoms with Gasteiger partial charge in [-0.1, -0.05) is 42.5 Å². The predicted octanol–water partition coefficient (Wildman–Crippen LogP) is 3.56. The number of hydrogen-bond donors (Lipinski definition) is 1. The molecule has 1 aromatic heterocycles. The third-order valence-corrected chi connectivity index (χ3v) is 3.36. The van der Waals surface area contributed by atoms with Gasteiger partial charge < -0.3 is 10.1 Å². The lowest BCUT2D eigenvalue weighted by Crippen LogP contribution is -2.04. The summed E-state index contributed by atoms with van der Waals surface area (Å²) in [5, 5.41) is 5.84. The molecule has 0 aliphatic carbocycles. The number of ether oxygens (including phenoxy) is 1. The molecule has 0 amide bonds. The third-order valence-electron chi connectivity index (χ3n) is 3.36. The van der Waals surface area contributed by atoms with Crippen LogP contribution in [0.15, 0.2) is 48.5 Å². The van der Waals surface area contributed by atoms with Crippen LogP contribution in [-0.4, -0.2) is 17.1 Å². The van der Waals surface area contributed by atoms with Crippen molar-refractivity contribution < 1.29 is 4.74 Å². The Labute approximate surface area is 123 Å². The molecule has 3 aromatic rings. The molecule has 4 nitrogen and oxygen atoms in total. The Morgan fingerprint density at radius 2 is 1.86 bits per heavy atom. The van der Waals surface area contributed by atoms with E-state index in [1.165, 1.54) is 16.3 Å². The van der Waals surface area contributed by atoms with Gasteiger partial charge in [0.05, 0.1) is 7.11 Å². The van der Waals surface area contributed by atoms with Crippen molar-refractivity contribution >= 4 is 16.6 Å². The quantitative estimate of drug-likeness (QED) is 0.793. The zero-order valence-corrected chi connectivity index (χ0v) is 12.1. The highest BCUT2D eigenvalue weighted by atomic mass is 16.5. The fourth-order valence-electron chi connectivity index (χ4n) is 2.37. The summed E-state index contributed by atoms with van der Waals surface area (Å²) in [6.07, 6.45) is 0. The molecule has 0 unspecified atom stereocenters. The van der Waals surface area contributed by atoms with Crippen LogP contribution in [0, 0.1) is 6.92 Å². The highest BCUT2D eigenvalue weighted by molar-refractivity contribution is 5.85. The number of nitrogens with zero attached hydrogens (tertiary/aromatic N) is 2. The second-order valence-corrected chi connectivity index (χ2v) is 4.83.